The third-order valence-corrected chi connectivity index (χ3v) is 5.46. The minimum absolute atomic E-state index is 0.0837. The predicted octanol–water partition coefficient (Wildman–Crippen LogP) is 1.60. The van der Waals surface area contributed by atoms with Crippen molar-refractivity contribution in [1.29, 1.82) is 0 Å². The maximum absolute atomic E-state index is 13.7. The SMILES string of the molecule is Cn1ccc(CC(=O)N2CCN3C[C@@H](OCc4ccccc4F)C[C@@H]3C2)n1. The molecule has 0 radical (unpaired) electrons. The second-order valence-corrected chi connectivity index (χ2v) is 7.41. The zero-order valence-corrected chi connectivity index (χ0v) is 15.6. The first-order valence-corrected chi connectivity index (χ1v) is 9.44. The zero-order valence-electron chi connectivity index (χ0n) is 15.6. The summed E-state index contributed by atoms with van der Waals surface area (Å²) in [5.41, 5.74) is 1.40. The second-order valence-electron chi connectivity index (χ2n) is 7.41. The Hall–Kier alpha value is -2.25. The number of halogens is 1. The van der Waals surface area contributed by atoms with Gasteiger partial charge in [0.2, 0.25) is 5.91 Å². The molecule has 2 saturated heterocycles. The van der Waals surface area contributed by atoms with Gasteiger partial charge in [-0.25, -0.2) is 4.39 Å². The van der Waals surface area contributed by atoms with E-state index in [9.17, 15) is 9.18 Å². The number of amides is 1. The van der Waals surface area contributed by atoms with Gasteiger partial charge in [0.1, 0.15) is 5.82 Å². The summed E-state index contributed by atoms with van der Waals surface area (Å²) in [6, 6.07) is 8.93. The Morgan fingerprint density at radius 3 is 2.89 bits per heavy atom. The molecular formula is C20H25FN4O2. The molecule has 2 atom stereocenters. The molecule has 4 rings (SSSR count). The highest BCUT2D eigenvalue weighted by atomic mass is 19.1. The van der Waals surface area contributed by atoms with Crippen molar-refractivity contribution in [3.63, 3.8) is 0 Å². The van der Waals surface area contributed by atoms with Gasteiger partial charge in [-0.05, 0) is 18.6 Å². The number of fused-ring (bicyclic) bond motifs is 1. The van der Waals surface area contributed by atoms with Gasteiger partial charge >= 0.3 is 0 Å². The van der Waals surface area contributed by atoms with Crippen molar-refractivity contribution in [3.8, 4) is 0 Å². The number of hydrogen-bond acceptors (Lipinski definition) is 4. The summed E-state index contributed by atoms with van der Waals surface area (Å²) in [6.45, 7) is 3.47. The average molecular weight is 372 g/mol. The molecule has 2 aliphatic rings. The van der Waals surface area contributed by atoms with Crippen molar-refractivity contribution in [2.24, 2.45) is 7.05 Å². The van der Waals surface area contributed by atoms with Crippen LogP contribution in [-0.4, -0.2) is 63.8 Å². The quantitative estimate of drug-likeness (QED) is 0.800. The minimum atomic E-state index is -0.223. The largest absolute Gasteiger partial charge is 0.372 e. The molecule has 0 saturated carbocycles. The molecule has 0 bridgehead atoms. The Labute approximate surface area is 158 Å². The van der Waals surface area contributed by atoms with Crippen LogP contribution in [0.3, 0.4) is 0 Å². The topological polar surface area (TPSA) is 50.6 Å². The minimum Gasteiger partial charge on any atom is -0.372 e. The van der Waals surface area contributed by atoms with E-state index in [-0.39, 0.29) is 17.8 Å². The van der Waals surface area contributed by atoms with Gasteiger partial charge in [0.25, 0.3) is 0 Å². The number of ether oxygens (including phenoxy) is 1. The highest BCUT2D eigenvalue weighted by Gasteiger charge is 2.37. The lowest BCUT2D eigenvalue weighted by molar-refractivity contribution is -0.133. The third-order valence-electron chi connectivity index (χ3n) is 5.46. The van der Waals surface area contributed by atoms with E-state index in [1.54, 1.807) is 16.8 Å². The predicted molar refractivity (Wildman–Crippen MR) is 98.4 cm³/mol. The van der Waals surface area contributed by atoms with Gasteiger partial charge in [0, 0.05) is 51.0 Å². The number of piperazine rings is 1. The van der Waals surface area contributed by atoms with Gasteiger partial charge in [-0.15, -0.1) is 0 Å². The average Bonchev–Trinajstić information content (AvgIpc) is 3.25. The molecule has 0 N–H and O–H groups in total. The van der Waals surface area contributed by atoms with Crippen LogP contribution in [0.15, 0.2) is 36.5 Å². The summed E-state index contributed by atoms with van der Waals surface area (Å²) in [5.74, 6) is -0.0939. The van der Waals surface area contributed by atoms with E-state index < -0.39 is 0 Å². The Morgan fingerprint density at radius 2 is 2.11 bits per heavy atom. The lowest BCUT2D eigenvalue weighted by Gasteiger charge is -2.37. The molecule has 1 aromatic carbocycles. The Bertz CT molecular complexity index is 809. The molecule has 0 aliphatic carbocycles. The van der Waals surface area contributed by atoms with E-state index in [1.165, 1.54) is 6.07 Å². The molecule has 7 heteroatoms. The Kier molecular flexibility index (Phi) is 5.22. The fraction of sp³-hybridized carbons (Fsp3) is 0.500. The van der Waals surface area contributed by atoms with Crippen LogP contribution in [0.1, 0.15) is 17.7 Å². The first kappa shape index (κ1) is 18.1. The molecule has 2 aliphatic heterocycles. The normalized spacial score (nSPS) is 22.8. The van der Waals surface area contributed by atoms with Crippen molar-refractivity contribution in [1.82, 2.24) is 19.6 Å². The Balaban J connectivity index is 1.29. The highest BCUT2D eigenvalue weighted by molar-refractivity contribution is 5.78. The van der Waals surface area contributed by atoms with Crippen LogP contribution in [0, 0.1) is 5.82 Å². The van der Waals surface area contributed by atoms with Crippen LogP contribution in [0.2, 0.25) is 0 Å². The molecule has 2 fully saturated rings. The molecule has 0 spiro atoms. The van der Waals surface area contributed by atoms with Gasteiger partial charge in [-0.3, -0.25) is 14.4 Å². The monoisotopic (exact) mass is 372 g/mol. The van der Waals surface area contributed by atoms with E-state index in [1.807, 2.05) is 30.3 Å². The number of aryl methyl sites for hydroxylation is 1. The van der Waals surface area contributed by atoms with Crippen molar-refractivity contribution in [2.75, 3.05) is 26.2 Å². The lowest BCUT2D eigenvalue weighted by Crippen LogP contribution is -2.52. The molecular weight excluding hydrogens is 347 g/mol. The summed E-state index contributed by atoms with van der Waals surface area (Å²) >= 11 is 0. The van der Waals surface area contributed by atoms with Gasteiger partial charge in [0.15, 0.2) is 0 Å². The number of hydrogen-bond donors (Lipinski definition) is 0. The summed E-state index contributed by atoms with van der Waals surface area (Å²) in [5, 5.41) is 4.29. The smallest absolute Gasteiger partial charge is 0.228 e. The molecule has 1 amide bonds. The Morgan fingerprint density at radius 1 is 1.26 bits per heavy atom. The van der Waals surface area contributed by atoms with Gasteiger partial charge in [-0.2, -0.15) is 5.10 Å². The first-order chi connectivity index (χ1) is 13.1. The number of nitrogens with zero attached hydrogens (tertiary/aromatic N) is 4. The van der Waals surface area contributed by atoms with E-state index in [2.05, 4.69) is 10.00 Å². The zero-order chi connectivity index (χ0) is 18.8. The number of aromatic nitrogens is 2. The van der Waals surface area contributed by atoms with Crippen LogP contribution >= 0.6 is 0 Å². The van der Waals surface area contributed by atoms with Crippen LogP contribution in [0.5, 0.6) is 0 Å². The third kappa shape index (κ3) is 4.20. The van der Waals surface area contributed by atoms with E-state index in [0.717, 1.165) is 38.3 Å². The van der Waals surface area contributed by atoms with Gasteiger partial charge in [0.05, 0.1) is 24.8 Å². The summed E-state index contributed by atoms with van der Waals surface area (Å²) in [4.78, 5) is 16.9. The molecule has 6 nitrogen and oxygen atoms in total. The number of carbonyl (C=O) groups excluding carboxylic acids is 1. The van der Waals surface area contributed by atoms with Crippen LogP contribution < -0.4 is 0 Å². The summed E-state index contributed by atoms with van der Waals surface area (Å²) < 4.78 is 21.4. The second kappa shape index (κ2) is 7.78. The van der Waals surface area contributed by atoms with Crippen LogP contribution in [-0.2, 0) is 29.6 Å². The standard InChI is InChI=1S/C20H25FN4O2/c1-23-7-6-16(22-23)10-20(26)25-9-8-24-13-18(11-17(24)12-25)27-14-15-4-2-3-5-19(15)21/h2-7,17-18H,8-14H2,1H3/t17-,18+/m1/s1. The molecule has 1 aromatic heterocycles. The maximum Gasteiger partial charge on any atom is 0.228 e. The fourth-order valence-corrected chi connectivity index (χ4v) is 3.99. The van der Waals surface area contributed by atoms with E-state index in [0.29, 0.717) is 24.6 Å². The van der Waals surface area contributed by atoms with E-state index in [4.69, 9.17) is 4.74 Å². The van der Waals surface area contributed by atoms with Crippen LogP contribution in [0.25, 0.3) is 0 Å². The van der Waals surface area contributed by atoms with Crippen molar-refractivity contribution >= 4 is 5.91 Å². The first-order valence-electron chi connectivity index (χ1n) is 9.44. The number of carbonyl (C=O) groups is 1. The van der Waals surface area contributed by atoms with Gasteiger partial charge in [-0.1, -0.05) is 18.2 Å². The lowest BCUT2D eigenvalue weighted by atomic mass is 10.1. The highest BCUT2D eigenvalue weighted by Crippen LogP contribution is 2.25. The molecule has 27 heavy (non-hydrogen) atoms. The molecule has 144 valence electrons. The van der Waals surface area contributed by atoms with Crippen LogP contribution in [0.4, 0.5) is 4.39 Å². The van der Waals surface area contributed by atoms with E-state index >= 15 is 0 Å². The van der Waals surface area contributed by atoms with Crippen molar-refractivity contribution < 1.29 is 13.9 Å². The maximum atomic E-state index is 13.7. The molecule has 3 heterocycles. The van der Waals surface area contributed by atoms with Crippen molar-refractivity contribution in [3.05, 3.63) is 53.6 Å². The van der Waals surface area contributed by atoms with Gasteiger partial charge < -0.3 is 9.64 Å². The van der Waals surface area contributed by atoms with Crippen molar-refractivity contribution in [2.45, 2.75) is 31.6 Å². The number of rotatable bonds is 5. The molecule has 0 unspecified atom stereocenters. The molecule has 2 aromatic rings. The summed E-state index contributed by atoms with van der Waals surface area (Å²) in [6.07, 6.45) is 3.16. The summed E-state index contributed by atoms with van der Waals surface area (Å²) in [7, 11) is 1.85. The fourth-order valence-electron chi connectivity index (χ4n) is 3.99. The number of benzene rings is 1.